The molecular formula is C28H20FN5OS. The molecule has 3 heterocycles. The molecule has 1 aromatic heterocycles. The molecule has 1 amide bonds. The lowest BCUT2D eigenvalue weighted by atomic mass is 10.1. The molecule has 0 radical (unpaired) electrons. The first kappa shape index (κ1) is 22.2. The van der Waals surface area contributed by atoms with E-state index < -0.39 is 11.7 Å². The van der Waals surface area contributed by atoms with Crippen LogP contribution in [0.15, 0.2) is 88.5 Å². The van der Waals surface area contributed by atoms with Gasteiger partial charge in [0, 0.05) is 22.6 Å². The summed E-state index contributed by atoms with van der Waals surface area (Å²) in [7, 11) is 0. The van der Waals surface area contributed by atoms with Crippen LogP contribution in [0.25, 0.3) is 22.5 Å². The van der Waals surface area contributed by atoms with E-state index in [0.717, 1.165) is 39.8 Å². The second-order valence-corrected chi connectivity index (χ2v) is 9.55. The van der Waals surface area contributed by atoms with Gasteiger partial charge in [0.2, 0.25) is 5.17 Å². The Morgan fingerprint density at radius 1 is 0.972 bits per heavy atom. The predicted molar refractivity (Wildman–Crippen MR) is 143 cm³/mol. The number of aliphatic imine (C=N–C) groups is 1. The van der Waals surface area contributed by atoms with E-state index in [0.29, 0.717) is 10.6 Å². The van der Waals surface area contributed by atoms with Gasteiger partial charge in [-0.25, -0.2) is 4.39 Å². The molecule has 0 saturated heterocycles. The number of hydrazone groups is 1. The highest BCUT2D eigenvalue weighted by molar-refractivity contribution is 8.27. The fourth-order valence-corrected chi connectivity index (χ4v) is 5.46. The topological polar surface area (TPSA) is 73.8 Å². The number of aromatic nitrogens is 1. The van der Waals surface area contributed by atoms with E-state index in [2.05, 4.69) is 45.0 Å². The van der Waals surface area contributed by atoms with Gasteiger partial charge in [0.1, 0.15) is 10.9 Å². The second kappa shape index (κ2) is 8.42. The van der Waals surface area contributed by atoms with Gasteiger partial charge < -0.3 is 4.57 Å². The minimum atomic E-state index is -0.515. The van der Waals surface area contributed by atoms with Gasteiger partial charge in [-0.3, -0.25) is 10.2 Å². The van der Waals surface area contributed by atoms with Crippen molar-refractivity contribution in [3.05, 3.63) is 107 Å². The molecule has 0 unspecified atom stereocenters. The largest absolute Gasteiger partial charge is 0.318 e. The zero-order valence-corrected chi connectivity index (χ0v) is 20.3. The van der Waals surface area contributed by atoms with Gasteiger partial charge in [0.05, 0.1) is 5.57 Å². The van der Waals surface area contributed by atoms with Crippen molar-refractivity contribution >= 4 is 50.6 Å². The third kappa shape index (κ3) is 3.58. The van der Waals surface area contributed by atoms with Crippen molar-refractivity contribution in [2.45, 2.75) is 13.8 Å². The Kier molecular flexibility index (Phi) is 5.19. The second-order valence-electron chi connectivity index (χ2n) is 8.60. The van der Waals surface area contributed by atoms with Crippen LogP contribution in [0.4, 0.5) is 4.39 Å². The number of rotatable bonds is 3. The van der Waals surface area contributed by atoms with Gasteiger partial charge in [-0.2, -0.15) is 15.1 Å². The monoisotopic (exact) mass is 493 g/mol. The molecule has 0 bridgehead atoms. The number of nitrogens with one attached hydrogen (secondary N) is 1. The van der Waals surface area contributed by atoms with Crippen molar-refractivity contribution in [1.29, 1.82) is 5.41 Å². The molecule has 0 spiro atoms. The Morgan fingerprint density at radius 2 is 1.72 bits per heavy atom. The van der Waals surface area contributed by atoms with E-state index in [1.165, 1.54) is 16.5 Å². The summed E-state index contributed by atoms with van der Waals surface area (Å²) in [6, 6.07) is 22.8. The molecule has 2 aliphatic rings. The van der Waals surface area contributed by atoms with Crippen LogP contribution < -0.4 is 0 Å². The summed E-state index contributed by atoms with van der Waals surface area (Å²) in [5, 5.41) is 17.3. The highest BCUT2D eigenvalue weighted by atomic mass is 32.2. The number of benzene rings is 3. The maximum absolute atomic E-state index is 14.3. The standard InChI is InChI=1S/C28H20FN5OS/c1-16-13-20(17(2)33(16)21-12-11-18-7-3-4-8-19(18)14-21)15-23-25(30)34-28(31-26(23)35)36-27(32-34)22-9-5-6-10-24(22)29/h3-15,30H,1-2H3. The first-order chi connectivity index (χ1) is 17.4. The number of amidine groups is 2. The molecular weight excluding hydrogens is 473 g/mol. The molecule has 3 aromatic carbocycles. The molecule has 0 atom stereocenters. The minimum absolute atomic E-state index is 0.0839. The number of halogens is 1. The van der Waals surface area contributed by atoms with Crippen LogP contribution in [0.1, 0.15) is 22.5 Å². The number of fused-ring (bicyclic) bond motifs is 2. The molecule has 6 rings (SSSR count). The molecule has 6 nitrogen and oxygen atoms in total. The van der Waals surface area contributed by atoms with Crippen LogP contribution in [-0.4, -0.2) is 31.5 Å². The minimum Gasteiger partial charge on any atom is -0.318 e. The van der Waals surface area contributed by atoms with Crippen LogP contribution >= 0.6 is 11.8 Å². The first-order valence-electron chi connectivity index (χ1n) is 11.3. The molecule has 4 aromatic rings. The Balaban J connectivity index is 1.37. The highest BCUT2D eigenvalue weighted by Crippen LogP contribution is 2.32. The van der Waals surface area contributed by atoms with Crippen molar-refractivity contribution in [1.82, 2.24) is 9.58 Å². The fraction of sp³-hybridized carbons (Fsp3) is 0.0714. The number of hydrogen-bond acceptors (Lipinski definition) is 4. The molecule has 0 aliphatic carbocycles. The number of carbonyl (C=O) groups is 1. The third-order valence-corrected chi connectivity index (χ3v) is 7.26. The first-order valence-corrected chi connectivity index (χ1v) is 12.2. The number of aryl methyl sites for hydroxylation is 1. The maximum atomic E-state index is 14.3. The zero-order valence-electron chi connectivity index (χ0n) is 19.5. The van der Waals surface area contributed by atoms with Gasteiger partial charge >= 0.3 is 0 Å². The van der Waals surface area contributed by atoms with E-state index in [4.69, 9.17) is 5.41 Å². The molecule has 0 fully saturated rings. The fourth-order valence-electron chi connectivity index (χ4n) is 4.54. The smallest absolute Gasteiger partial charge is 0.283 e. The summed E-state index contributed by atoms with van der Waals surface area (Å²) >= 11 is 1.08. The van der Waals surface area contributed by atoms with Gasteiger partial charge in [-0.1, -0.05) is 42.5 Å². The van der Waals surface area contributed by atoms with Crippen molar-refractivity contribution in [3.8, 4) is 5.69 Å². The molecule has 1 N–H and O–H groups in total. The predicted octanol–water partition coefficient (Wildman–Crippen LogP) is 6.05. The van der Waals surface area contributed by atoms with Crippen LogP contribution in [0.2, 0.25) is 0 Å². The number of nitrogens with zero attached hydrogens (tertiary/aromatic N) is 4. The van der Waals surface area contributed by atoms with Gasteiger partial charge in [-0.05, 0) is 78.4 Å². The van der Waals surface area contributed by atoms with Gasteiger partial charge in [0.15, 0.2) is 5.84 Å². The van der Waals surface area contributed by atoms with Crippen LogP contribution in [0.3, 0.4) is 0 Å². The number of amides is 1. The van der Waals surface area contributed by atoms with E-state index in [-0.39, 0.29) is 16.6 Å². The van der Waals surface area contributed by atoms with Crippen LogP contribution in [0.5, 0.6) is 0 Å². The molecule has 2 aliphatic heterocycles. The van der Waals surface area contributed by atoms with Gasteiger partial charge in [-0.15, -0.1) is 0 Å². The SMILES string of the molecule is Cc1cc(C=C2C(=N)N3N=C(c4ccccc4F)SC3=NC2=O)c(C)n1-c1ccc2ccccc2c1. The maximum Gasteiger partial charge on any atom is 0.283 e. The van der Waals surface area contributed by atoms with Crippen molar-refractivity contribution < 1.29 is 9.18 Å². The Morgan fingerprint density at radius 3 is 2.53 bits per heavy atom. The third-order valence-electron chi connectivity index (χ3n) is 6.32. The lowest BCUT2D eigenvalue weighted by Crippen LogP contribution is -2.35. The summed E-state index contributed by atoms with van der Waals surface area (Å²) in [6.07, 6.45) is 1.69. The molecule has 0 saturated carbocycles. The van der Waals surface area contributed by atoms with E-state index in [9.17, 15) is 9.18 Å². The van der Waals surface area contributed by atoms with Crippen molar-refractivity contribution in [3.63, 3.8) is 0 Å². The van der Waals surface area contributed by atoms with Crippen LogP contribution in [-0.2, 0) is 4.79 Å². The number of thioether (sulfide) groups is 1. The van der Waals surface area contributed by atoms with Crippen LogP contribution in [0, 0.1) is 25.1 Å². The Bertz CT molecular complexity index is 1700. The van der Waals surface area contributed by atoms with Crippen molar-refractivity contribution in [2.24, 2.45) is 10.1 Å². The lowest BCUT2D eigenvalue weighted by Gasteiger charge is -2.20. The molecule has 36 heavy (non-hydrogen) atoms. The summed E-state index contributed by atoms with van der Waals surface area (Å²) < 4.78 is 16.4. The van der Waals surface area contributed by atoms with E-state index in [1.807, 2.05) is 32.0 Å². The Labute approximate surface area is 211 Å². The lowest BCUT2D eigenvalue weighted by molar-refractivity contribution is -0.114. The zero-order chi connectivity index (χ0) is 25.0. The summed E-state index contributed by atoms with van der Waals surface area (Å²) in [5.74, 6) is -1.02. The van der Waals surface area contributed by atoms with E-state index in [1.54, 1.807) is 24.3 Å². The molecule has 8 heteroatoms. The van der Waals surface area contributed by atoms with Crippen molar-refractivity contribution in [2.75, 3.05) is 0 Å². The summed E-state index contributed by atoms with van der Waals surface area (Å²) in [6.45, 7) is 4.00. The number of carbonyl (C=O) groups excluding carboxylic acids is 1. The average molecular weight is 494 g/mol. The summed E-state index contributed by atoms with van der Waals surface area (Å²) in [5.41, 5.74) is 4.23. The summed E-state index contributed by atoms with van der Waals surface area (Å²) in [4.78, 5) is 17.1. The van der Waals surface area contributed by atoms with Gasteiger partial charge in [0.25, 0.3) is 5.91 Å². The highest BCUT2D eigenvalue weighted by Gasteiger charge is 2.36. The molecule has 176 valence electrons. The average Bonchev–Trinajstić information content (AvgIpc) is 3.41. The number of hydrogen-bond donors (Lipinski definition) is 1. The quantitative estimate of drug-likeness (QED) is 0.353. The Hall–Kier alpha value is -4.30. The van der Waals surface area contributed by atoms with E-state index >= 15 is 0 Å². The normalized spacial score (nSPS) is 16.5.